The van der Waals surface area contributed by atoms with E-state index in [0.717, 1.165) is 87.7 Å². The predicted molar refractivity (Wildman–Crippen MR) is 145 cm³/mol. The van der Waals surface area contributed by atoms with Crippen LogP contribution < -0.4 is 5.56 Å². The molecule has 1 saturated carbocycles. The molecule has 1 heterocycles. The lowest BCUT2D eigenvalue weighted by Gasteiger charge is -2.36. The normalized spacial score (nSPS) is 15.6. The van der Waals surface area contributed by atoms with Crippen LogP contribution in [0.2, 0.25) is 0 Å². The molecule has 1 spiro atoms. The fourth-order valence-corrected chi connectivity index (χ4v) is 6.63. The molecule has 2 aliphatic rings. The largest absolute Gasteiger partial charge is 0.342 e. The number of allylic oxidation sites excluding steroid dienone is 1. The molecule has 0 N–H and O–H groups in total. The Hall–Kier alpha value is -2.34. The van der Waals surface area contributed by atoms with Crippen molar-refractivity contribution >= 4 is 17.7 Å². The van der Waals surface area contributed by atoms with Gasteiger partial charge < -0.3 is 4.90 Å². The molecule has 188 valence electrons. The zero-order valence-corrected chi connectivity index (χ0v) is 22.2. The number of hydrogen-bond donors (Lipinski definition) is 0. The van der Waals surface area contributed by atoms with Crippen molar-refractivity contribution < 1.29 is 4.79 Å². The van der Waals surface area contributed by atoms with Gasteiger partial charge in [0.2, 0.25) is 5.91 Å². The van der Waals surface area contributed by atoms with Gasteiger partial charge in [-0.25, -0.2) is 4.98 Å². The molecule has 1 amide bonds. The van der Waals surface area contributed by atoms with Gasteiger partial charge in [0.15, 0.2) is 5.16 Å². The third-order valence-corrected chi connectivity index (χ3v) is 8.54. The van der Waals surface area contributed by atoms with E-state index in [9.17, 15) is 9.59 Å². The van der Waals surface area contributed by atoms with Gasteiger partial charge in [0.1, 0.15) is 0 Å². The monoisotopic (exact) mass is 493 g/mol. The summed E-state index contributed by atoms with van der Waals surface area (Å²) in [6.07, 6.45) is 11.2. The van der Waals surface area contributed by atoms with Crippen molar-refractivity contribution in [1.82, 2.24) is 14.5 Å². The Morgan fingerprint density at radius 2 is 1.86 bits per heavy atom. The van der Waals surface area contributed by atoms with Crippen molar-refractivity contribution in [3.8, 4) is 11.3 Å². The van der Waals surface area contributed by atoms with E-state index in [2.05, 4.69) is 38.6 Å². The van der Waals surface area contributed by atoms with E-state index in [-0.39, 0.29) is 16.9 Å². The number of unbranched alkanes of at least 4 members (excludes halogenated alkanes) is 2. The lowest BCUT2D eigenvalue weighted by Crippen LogP contribution is -2.40. The van der Waals surface area contributed by atoms with Gasteiger partial charge in [0.25, 0.3) is 5.56 Å². The third kappa shape index (κ3) is 5.28. The van der Waals surface area contributed by atoms with Crippen molar-refractivity contribution in [2.75, 3.05) is 18.8 Å². The van der Waals surface area contributed by atoms with Gasteiger partial charge in [-0.2, -0.15) is 0 Å². The van der Waals surface area contributed by atoms with Crippen LogP contribution in [0.4, 0.5) is 0 Å². The van der Waals surface area contributed by atoms with Crippen LogP contribution in [0.1, 0.15) is 76.3 Å². The van der Waals surface area contributed by atoms with Gasteiger partial charge in [-0.3, -0.25) is 14.2 Å². The maximum atomic E-state index is 14.0. The molecular weight excluding hydrogens is 454 g/mol. The summed E-state index contributed by atoms with van der Waals surface area (Å²) in [5.41, 5.74) is 4.01. The Morgan fingerprint density at radius 1 is 1.17 bits per heavy atom. The second-order valence-corrected chi connectivity index (χ2v) is 11.0. The van der Waals surface area contributed by atoms with Gasteiger partial charge in [0.05, 0.1) is 17.0 Å². The second kappa shape index (κ2) is 11.6. The Kier molecular flexibility index (Phi) is 8.53. The Morgan fingerprint density at radius 3 is 2.51 bits per heavy atom. The number of fused-ring (bicyclic) bond motifs is 4. The molecule has 0 radical (unpaired) electrons. The number of thioether (sulfide) groups is 1. The molecular formula is C29H39N3O2S. The molecule has 4 rings (SSSR count). The Labute approximate surface area is 214 Å². The smallest absolute Gasteiger partial charge is 0.258 e. The van der Waals surface area contributed by atoms with Crippen LogP contribution in [0.5, 0.6) is 0 Å². The van der Waals surface area contributed by atoms with Crippen LogP contribution in [-0.2, 0) is 23.2 Å². The van der Waals surface area contributed by atoms with E-state index in [1.54, 1.807) is 10.6 Å². The van der Waals surface area contributed by atoms with E-state index in [0.29, 0.717) is 17.5 Å². The maximum absolute atomic E-state index is 14.0. The van der Waals surface area contributed by atoms with Gasteiger partial charge >= 0.3 is 0 Å². The molecule has 1 aromatic heterocycles. The maximum Gasteiger partial charge on any atom is 0.258 e. The van der Waals surface area contributed by atoms with Crippen LogP contribution in [0.25, 0.3) is 11.3 Å². The van der Waals surface area contributed by atoms with Crippen LogP contribution in [0, 0.1) is 0 Å². The van der Waals surface area contributed by atoms with Gasteiger partial charge in [-0.05, 0) is 37.7 Å². The number of amides is 1. The molecule has 0 atom stereocenters. The number of hydrogen-bond acceptors (Lipinski definition) is 4. The number of aromatic nitrogens is 2. The summed E-state index contributed by atoms with van der Waals surface area (Å²) in [6, 6.07) is 8.39. The summed E-state index contributed by atoms with van der Waals surface area (Å²) in [5.74, 6) is 0.421. The zero-order valence-electron chi connectivity index (χ0n) is 21.4. The van der Waals surface area contributed by atoms with Gasteiger partial charge in [0, 0.05) is 30.6 Å². The van der Waals surface area contributed by atoms with Crippen LogP contribution >= 0.6 is 11.8 Å². The lowest BCUT2D eigenvalue weighted by atomic mass is 9.68. The first-order valence-corrected chi connectivity index (χ1v) is 14.3. The molecule has 6 heteroatoms. The molecule has 2 aliphatic carbocycles. The fraction of sp³-hybridized carbons (Fsp3) is 0.552. The van der Waals surface area contributed by atoms with E-state index in [1.165, 1.54) is 17.3 Å². The Balaban J connectivity index is 1.71. The number of nitrogens with zero attached hydrogens (tertiary/aromatic N) is 3. The number of carbonyl (C=O) groups is 1. The lowest BCUT2D eigenvalue weighted by molar-refractivity contribution is -0.128. The molecule has 35 heavy (non-hydrogen) atoms. The van der Waals surface area contributed by atoms with Crippen molar-refractivity contribution in [2.24, 2.45) is 0 Å². The predicted octanol–water partition coefficient (Wildman–Crippen LogP) is 5.99. The minimum absolute atomic E-state index is 0.0510. The molecule has 0 aliphatic heterocycles. The molecule has 0 unspecified atom stereocenters. The molecule has 0 bridgehead atoms. The average molecular weight is 494 g/mol. The second-order valence-electron chi connectivity index (χ2n) is 10.0. The van der Waals surface area contributed by atoms with Crippen molar-refractivity contribution in [3.05, 3.63) is 58.4 Å². The zero-order chi connectivity index (χ0) is 24.8. The summed E-state index contributed by atoms with van der Waals surface area (Å²) < 4.78 is 1.75. The molecule has 5 nitrogen and oxygen atoms in total. The first kappa shape index (κ1) is 25.7. The minimum atomic E-state index is -0.118. The quantitative estimate of drug-likeness (QED) is 0.219. The topological polar surface area (TPSA) is 55.2 Å². The Bertz CT molecular complexity index is 1110. The standard InChI is InChI=1S/C29H39N3O2S/c1-4-7-18-31(19-8-5-2)24(33)21-35-28-30-26-23-14-10-9-13-22(23)20-29(15-11-12-16-29)25(26)27(34)32(28)17-6-3/h6,9-10,13-14H,3-5,7-8,11-12,15-21H2,1-2H3. The molecule has 1 aromatic carbocycles. The van der Waals surface area contributed by atoms with Crippen molar-refractivity contribution in [1.29, 1.82) is 0 Å². The minimum Gasteiger partial charge on any atom is -0.342 e. The van der Waals surface area contributed by atoms with E-state index >= 15 is 0 Å². The van der Waals surface area contributed by atoms with E-state index in [1.807, 2.05) is 11.0 Å². The highest BCUT2D eigenvalue weighted by Crippen LogP contribution is 2.49. The summed E-state index contributed by atoms with van der Waals surface area (Å²) in [5, 5.41) is 0.623. The summed E-state index contributed by atoms with van der Waals surface area (Å²) in [7, 11) is 0. The van der Waals surface area contributed by atoms with Gasteiger partial charge in [-0.1, -0.05) is 81.6 Å². The molecule has 2 aromatic rings. The fourth-order valence-electron chi connectivity index (χ4n) is 5.72. The first-order valence-electron chi connectivity index (χ1n) is 13.3. The highest BCUT2D eigenvalue weighted by atomic mass is 32.2. The van der Waals surface area contributed by atoms with Crippen LogP contribution in [0.3, 0.4) is 0 Å². The number of carbonyl (C=O) groups excluding carboxylic acids is 1. The summed E-state index contributed by atoms with van der Waals surface area (Å²) in [6.45, 7) is 10.2. The van der Waals surface area contributed by atoms with Crippen LogP contribution in [0.15, 0.2) is 46.9 Å². The van der Waals surface area contributed by atoms with E-state index < -0.39 is 0 Å². The van der Waals surface area contributed by atoms with E-state index in [4.69, 9.17) is 4.98 Å². The van der Waals surface area contributed by atoms with Crippen LogP contribution in [-0.4, -0.2) is 39.2 Å². The summed E-state index contributed by atoms with van der Waals surface area (Å²) in [4.78, 5) is 34.3. The molecule has 0 saturated heterocycles. The third-order valence-electron chi connectivity index (χ3n) is 7.58. The highest BCUT2D eigenvalue weighted by Gasteiger charge is 2.44. The van der Waals surface area contributed by atoms with Crippen molar-refractivity contribution in [3.63, 3.8) is 0 Å². The SMILES string of the molecule is C=CCn1c(SCC(=O)N(CCCC)CCCC)nc2c(c1=O)C1(CCCC1)Cc1ccccc1-2. The average Bonchev–Trinajstić information content (AvgIpc) is 3.32. The summed E-state index contributed by atoms with van der Waals surface area (Å²) >= 11 is 1.40. The van der Waals surface area contributed by atoms with Gasteiger partial charge in [-0.15, -0.1) is 6.58 Å². The number of benzene rings is 1. The molecule has 1 fully saturated rings. The van der Waals surface area contributed by atoms with Crippen molar-refractivity contribution in [2.45, 2.75) is 88.8 Å². The number of rotatable bonds is 11. The first-order chi connectivity index (χ1) is 17.0. The highest BCUT2D eigenvalue weighted by molar-refractivity contribution is 7.99.